The quantitative estimate of drug-likeness (QED) is 0.427. The molecule has 2 aromatic heterocycles. The van der Waals surface area contributed by atoms with Crippen LogP contribution in [0.4, 0.5) is 17.5 Å². The van der Waals surface area contributed by atoms with E-state index in [-0.39, 0.29) is 4.90 Å². The van der Waals surface area contributed by atoms with Gasteiger partial charge in [0.1, 0.15) is 0 Å². The predicted octanol–water partition coefficient (Wildman–Crippen LogP) is 4.76. The Morgan fingerprint density at radius 3 is 2.50 bits per heavy atom. The van der Waals surface area contributed by atoms with Gasteiger partial charge in [-0.3, -0.25) is 0 Å². The van der Waals surface area contributed by atoms with E-state index in [1.807, 2.05) is 11.5 Å². The number of unbranched alkanes of at least 4 members (excludes halogenated alkanes) is 1. The van der Waals surface area contributed by atoms with E-state index in [1.165, 1.54) is 23.6 Å². The largest absolute Gasteiger partial charge is 0.351 e. The SMILES string of the molecule is CCCCN(C)S(=O)(=O)c1ccc(Nc2nc(NC3CCCCC3)nc3c2ncn3CC)cc1. The topological polar surface area (TPSA) is 105 Å². The van der Waals surface area contributed by atoms with Gasteiger partial charge in [0.25, 0.3) is 0 Å². The van der Waals surface area contributed by atoms with Crippen LogP contribution in [0.2, 0.25) is 0 Å². The Labute approximate surface area is 202 Å². The average Bonchev–Trinajstić information content (AvgIpc) is 3.27. The maximum absolute atomic E-state index is 12.8. The molecule has 0 bridgehead atoms. The van der Waals surface area contributed by atoms with E-state index in [9.17, 15) is 8.42 Å². The highest BCUT2D eigenvalue weighted by Gasteiger charge is 2.21. The lowest BCUT2D eigenvalue weighted by Gasteiger charge is -2.23. The molecule has 10 heteroatoms. The van der Waals surface area contributed by atoms with Crippen molar-refractivity contribution in [3.63, 3.8) is 0 Å². The molecule has 34 heavy (non-hydrogen) atoms. The first-order valence-electron chi connectivity index (χ1n) is 12.2. The van der Waals surface area contributed by atoms with Gasteiger partial charge < -0.3 is 15.2 Å². The Hall–Kier alpha value is -2.72. The first kappa shape index (κ1) is 24.4. The van der Waals surface area contributed by atoms with Gasteiger partial charge in [-0.05, 0) is 50.5 Å². The first-order chi connectivity index (χ1) is 16.4. The lowest BCUT2D eigenvalue weighted by Crippen LogP contribution is -2.27. The van der Waals surface area contributed by atoms with E-state index in [0.29, 0.717) is 29.9 Å². The lowest BCUT2D eigenvalue weighted by molar-refractivity contribution is 0.459. The van der Waals surface area contributed by atoms with E-state index < -0.39 is 10.0 Å². The number of hydrogen-bond donors (Lipinski definition) is 2. The molecule has 0 amide bonds. The first-order valence-corrected chi connectivity index (χ1v) is 13.7. The number of sulfonamides is 1. The molecule has 2 heterocycles. The smallest absolute Gasteiger partial charge is 0.242 e. The van der Waals surface area contributed by atoms with Gasteiger partial charge in [-0.1, -0.05) is 32.6 Å². The maximum atomic E-state index is 12.8. The Bertz CT molecular complexity index is 1200. The van der Waals surface area contributed by atoms with E-state index in [4.69, 9.17) is 9.97 Å². The zero-order valence-corrected chi connectivity index (χ0v) is 21.1. The number of rotatable bonds is 10. The molecule has 2 N–H and O–H groups in total. The molecule has 1 aliphatic carbocycles. The Balaban J connectivity index is 1.59. The van der Waals surface area contributed by atoms with Gasteiger partial charge in [-0.15, -0.1) is 0 Å². The molecule has 0 saturated heterocycles. The Morgan fingerprint density at radius 1 is 1.09 bits per heavy atom. The Morgan fingerprint density at radius 2 is 1.82 bits per heavy atom. The van der Waals surface area contributed by atoms with Gasteiger partial charge in [0.05, 0.1) is 11.2 Å². The number of anilines is 3. The monoisotopic (exact) mass is 485 g/mol. The number of nitrogens with one attached hydrogen (secondary N) is 2. The summed E-state index contributed by atoms with van der Waals surface area (Å²) in [4.78, 5) is 14.3. The summed E-state index contributed by atoms with van der Waals surface area (Å²) in [5.41, 5.74) is 2.20. The van der Waals surface area contributed by atoms with Crippen LogP contribution in [0.25, 0.3) is 11.2 Å². The summed E-state index contributed by atoms with van der Waals surface area (Å²) in [6.45, 7) is 5.37. The van der Waals surface area contributed by atoms with Crippen LogP contribution in [0, 0.1) is 0 Å². The van der Waals surface area contributed by atoms with Crippen molar-refractivity contribution in [2.45, 2.75) is 76.3 Å². The molecule has 0 radical (unpaired) electrons. The minimum Gasteiger partial charge on any atom is -0.351 e. The van der Waals surface area contributed by atoms with Crippen molar-refractivity contribution in [1.82, 2.24) is 23.8 Å². The molecule has 3 aromatic rings. The number of nitrogens with zero attached hydrogens (tertiary/aromatic N) is 5. The highest BCUT2D eigenvalue weighted by molar-refractivity contribution is 7.89. The van der Waals surface area contributed by atoms with Crippen LogP contribution in [-0.2, 0) is 16.6 Å². The van der Waals surface area contributed by atoms with E-state index in [1.54, 1.807) is 37.6 Å². The van der Waals surface area contributed by atoms with Gasteiger partial charge in [-0.25, -0.2) is 17.7 Å². The summed E-state index contributed by atoms with van der Waals surface area (Å²) < 4.78 is 29.0. The van der Waals surface area contributed by atoms with Crippen molar-refractivity contribution in [2.24, 2.45) is 0 Å². The number of aromatic nitrogens is 4. The van der Waals surface area contributed by atoms with Crippen LogP contribution >= 0.6 is 0 Å². The van der Waals surface area contributed by atoms with Crippen molar-refractivity contribution in [2.75, 3.05) is 24.2 Å². The molecule has 9 nitrogen and oxygen atoms in total. The third kappa shape index (κ3) is 5.33. The minimum atomic E-state index is -3.50. The fraction of sp³-hybridized carbons (Fsp3) is 0.542. The van der Waals surface area contributed by atoms with Crippen LogP contribution in [-0.4, -0.2) is 51.9 Å². The van der Waals surface area contributed by atoms with Crippen molar-refractivity contribution in [1.29, 1.82) is 0 Å². The molecule has 1 aliphatic rings. The second kappa shape index (κ2) is 10.7. The Kier molecular flexibility index (Phi) is 7.67. The fourth-order valence-electron chi connectivity index (χ4n) is 4.28. The van der Waals surface area contributed by atoms with Crippen molar-refractivity contribution in [3.05, 3.63) is 30.6 Å². The second-order valence-electron chi connectivity index (χ2n) is 8.91. The summed E-state index contributed by atoms with van der Waals surface area (Å²) in [6.07, 6.45) is 9.54. The summed E-state index contributed by atoms with van der Waals surface area (Å²) in [7, 11) is -1.88. The molecule has 0 atom stereocenters. The maximum Gasteiger partial charge on any atom is 0.242 e. The van der Waals surface area contributed by atoms with Crippen LogP contribution in [0.5, 0.6) is 0 Å². The van der Waals surface area contributed by atoms with E-state index >= 15 is 0 Å². The molecule has 0 spiro atoms. The molecule has 1 aromatic carbocycles. The van der Waals surface area contributed by atoms with Gasteiger partial charge >= 0.3 is 0 Å². The van der Waals surface area contributed by atoms with Gasteiger partial charge in [-0.2, -0.15) is 9.97 Å². The molecule has 4 rings (SSSR count). The van der Waals surface area contributed by atoms with Crippen LogP contribution in [0.1, 0.15) is 58.8 Å². The summed E-state index contributed by atoms with van der Waals surface area (Å²) >= 11 is 0. The zero-order chi connectivity index (χ0) is 24.1. The molecule has 184 valence electrons. The van der Waals surface area contributed by atoms with Gasteiger partial charge in [0, 0.05) is 31.9 Å². The molecular weight excluding hydrogens is 450 g/mol. The number of benzene rings is 1. The van der Waals surface area contributed by atoms with E-state index in [2.05, 4.69) is 22.5 Å². The molecule has 1 fully saturated rings. The zero-order valence-electron chi connectivity index (χ0n) is 20.3. The number of fused-ring (bicyclic) bond motifs is 1. The molecule has 1 saturated carbocycles. The van der Waals surface area contributed by atoms with Gasteiger partial charge in [0.15, 0.2) is 17.0 Å². The minimum absolute atomic E-state index is 0.277. The fourth-order valence-corrected chi connectivity index (χ4v) is 5.49. The molecule has 0 unspecified atom stereocenters. The number of hydrogen-bond acceptors (Lipinski definition) is 7. The van der Waals surface area contributed by atoms with Crippen molar-refractivity contribution >= 4 is 38.6 Å². The third-order valence-electron chi connectivity index (χ3n) is 6.39. The third-order valence-corrected chi connectivity index (χ3v) is 8.27. The normalized spacial score (nSPS) is 15.2. The van der Waals surface area contributed by atoms with Crippen LogP contribution < -0.4 is 10.6 Å². The van der Waals surface area contributed by atoms with Crippen LogP contribution in [0.3, 0.4) is 0 Å². The second-order valence-corrected chi connectivity index (χ2v) is 11.0. The average molecular weight is 486 g/mol. The number of aryl methyl sites for hydroxylation is 1. The van der Waals surface area contributed by atoms with Crippen LogP contribution in [0.15, 0.2) is 35.5 Å². The highest BCUT2D eigenvalue weighted by Crippen LogP contribution is 2.27. The lowest BCUT2D eigenvalue weighted by atomic mass is 9.96. The highest BCUT2D eigenvalue weighted by atomic mass is 32.2. The molecular formula is C24H35N7O2S. The summed E-state index contributed by atoms with van der Waals surface area (Å²) in [5, 5.41) is 6.84. The van der Waals surface area contributed by atoms with E-state index in [0.717, 1.165) is 43.6 Å². The van der Waals surface area contributed by atoms with Crippen molar-refractivity contribution < 1.29 is 8.42 Å². The van der Waals surface area contributed by atoms with Crippen molar-refractivity contribution in [3.8, 4) is 0 Å². The summed E-state index contributed by atoms with van der Waals surface area (Å²) in [5.74, 6) is 1.19. The number of imidazole rings is 1. The summed E-state index contributed by atoms with van der Waals surface area (Å²) in [6, 6.07) is 7.17. The predicted molar refractivity (Wildman–Crippen MR) is 136 cm³/mol. The van der Waals surface area contributed by atoms with Gasteiger partial charge in [0.2, 0.25) is 16.0 Å². The molecule has 0 aliphatic heterocycles. The standard InChI is InChI=1S/C24H35N7O2S/c1-4-6-16-30(3)34(32,33)20-14-12-19(13-15-20)26-22-21-23(31(5-2)17-25-21)29-24(28-22)27-18-10-8-7-9-11-18/h12-15,17-18H,4-11,16H2,1-3H3,(H2,26,27,28,29).